The molecule has 0 spiro atoms. The fraction of sp³-hybridized carbons (Fsp3) is 0.609. The maximum Gasteiger partial charge on any atom is 0.323 e. The molecule has 9 nitrogen and oxygen atoms in total. The molecule has 1 aromatic rings. The van der Waals surface area contributed by atoms with Gasteiger partial charge in [0, 0.05) is 19.6 Å². The summed E-state index contributed by atoms with van der Waals surface area (Å²) in [6.45, 7) is 3.79. The summed E-state index contributed by atoms with van der Waals surface area (Å²) in [7, 11) is 1.94. The second-order valence-electron chi connectivity index (χ2n) is 8.97. The number of carboxylic acids is 1. The van der Waals surface area contributed by atoms with Gasteiger partial charge in [0.25, 0.3) is 0 Å². The molecular formula is C23H32Cl2N4O5. The van der Waals surface area contributed by atoms with E-state index in [-0.39, 0.29) is 31.0 Å². The minimum atomic E-state index is -1.23. The van der Waals surface area contributed by atoms with Gasteiger partial charge in [-0.1, -0.05) is 29.3 Å². The SMILES string of the molecule is CN1CCN(C(=O)Cc2ccc(Cl)c(Cl)c2)[C@H](CN2CCCC2)[C@@H]1COC(=O)[C@@H](N)CC(=O)O. The predicted octanol–water partition coefficient (Wildman–Crippen LogP) is 1.49. The van der Waals surface area contributed by atoms with Gasteiger partial charge in [-0.3, -0.25) is 19.3 Å². The van der Waals surface area contributed by atoms with Gasteiger partial charge < -0.3 is 25.4 Å². The number of esters is 1. The Kier molecular flexibility index (Phi) is 9.56. The molecule has 0 unspecified atom stereocenters. The van der Waals surface area contributed by atoms with E-state index < -0.39 is 24.4 Å². The zero-order valence-electron chi connectivity index (χ0n) is 19.3. The van der Waals surface area contributed by atoms with E-state index >= 15 is 0 Å². The van der Waals surface area contributed by atoms with Gasteiger partial charge in [-0.2, -0.15) is 0 Å². The fourth-order valence-corrected chi connectivity index (χ4v) is 4.89. The third-order valence-electron chi connectivity index (χ3n) is 6.50. The Morgan fingerprint density at radius 1 is 1.12 bits per heavy atom. The predicted molar refractivity (Wildman–Crippen MR) is 129 cm³/mol. The maximum absolute atomic E-state index is 13.4. The second kappa shape index (κ2) is 12.2. The Morgan fingerprint density at radius 2 is 1.82 bits per heavy atom. The molecule has 0 aromatic heterocycles. The highest BCUT2D eigenvalue weighted by Gasteiger charge is 2.39. The summed E-state index contributed by atoms with van der Waals surface area (Å²) >= 11 is 12.1. The average molecular weight is 515 g/mol. The van der Waals surface area contributed by atoms with Crippen LogP contribution in [0.15, 0.2) is 18.2 Å². The van der Waals surface area contributed by atoms with E-state index in [0.717, 1.165) is 31.5 Å². The number of likely N-dealkylation sites (tertiary alicyclic amines) is 1. The van der Waals surface area contributed by atoms with E-state index in [1.807, 2.05) is 11.9 Å². The minimum Gasteiger partial charge on any atom is -0.481 e. The first kappa shape index (κ1) is 26.7. The van der Waals surface area contributed by atoms with E-state index in [4.69, 9.17) is 38.8 Å². The number of benzene rings is 1. The summed E-state index contributed by atoms with van der Waals surface area (Å²) in [6, 6.07) is 3.51. The van der Waals surface area contributed by atoms with Gasteiger partial charge in [0.1, 0.15) is 12.6 Å². The van der Waals surface area contributed by atoms with Crippen LogP contribution < -0.4 is 5.73 Å². The molecule has 11 heteroatoms. The molecule has 3 rings (SSSR count). The van der Waals surface area contributed by atoms with Gasteiger partial charge in [0.05, 0.1) is 35.0 Å². The first-order valence-electron chi connectivity index (χ1n) is 11.5. The lowest BCUT2D eigenvalue weighted by Crippen LogP contribution is -2.64. The lowest BCUT2D eigenvalue weighted by atomic mass is 10.00. The Morgan fingerprint density at radius 3 is 2.47 bits per heavy atom. The number of carbonyl (C=O) groups excluding carboxylic acids is 2. The number of carboxylic acid groups (broad SMARTS) is 1. The molecule has 188 valence electrons. The van der Waals surface area contributed by atoms with Crippen LogP contribution in [-0.2, 0) is 25.5 Å². The first-order valence-corrected chi connectivity index (χ1v) is 12.2. The van der Waals surface area contributed by atoms with Gasteiger partial charge in [-0.15, -0.1) is 0 Å². The van der Waals surface area contributed by atoms with Crippen molar-refractivity contribution < 1.29 is 24.2 Å². The topological polar surface area (TPSA) is 116 Å². The van der Waals surface area contributed by atoms with E-state index in [1.54, 1.807) is 18.2 Å². The van der Waals surface area contributed by atoms with Crippen LogP contribution >= 0.6 is 23.2 Å². The van der Waals surface area contributed by atoms with Crippen molar-refractivity contribution in [1.29, 1.82) is 0 Å². The number of amides is 1. The second-order valence-corrected chi connectivity index (χ2v) is 9.78. The number of rotatable bonds is 9. The van der Waals surface area contributed by atoms with Crippen molar-refractivity contribution in [3.8, 4) is 0 Å². The number of carbonyl (C=O) groups is 3. The normalized spacial score (nSPS) is 22.5. The van der Waals surface area contributed by atoms with Crippen LogP contribution in [0.25, 0.3) is 0 Å². The van der Waals surface area contributed by atoms with Gasteiger partial charge in [0.2, 0.25) is 5.91 Å². The van der Waals surface area contributed by atoms with E-state index in [9.17, 15) is 14.4 Å². The summed E-state index contributed by atoms with van der Waals surface area (Å²) in [6.07, 6.45) is 1.92. The van der Waals surface area contributed by atoms with Crippen LogP contribution in [0, 0.1) is 0 Å². The maximum atomic E-state index is 13.4. The van der Waals surface area contributed by atoms with Crippen LogP contribution in [0.4, 0.5) is 0 Å². The average Bonchev–Trinajstić information content (AvgIpc) is 3.28. The quantitative estimate of drug-likeness (QED) is 0.476. The van der Waals surface area contributed by atoms with E-state index in [1.165, 1.54) is 0 Å². The van der Waals surface area contributed by atoms with Gasteiger partial charge >= 0.3 is 11.9 Å². The van der Waals surface area contributed by atoms with Crippen molar-refractivity contribution in [3.05, 3.63) is 33.8 Å². The number of ether oxygens (including phenoxy) is 1. The van der Waals surface area contributed by atoms with Crippen LogP contribution in [0.1, 0.15) is 24.8 Å². The van der Waals surface area contributed by atoms with Gasteiger partial charge in [-0.05, 0) is 50.7 Å². The highest BCUT2D eigenvalue weighted by atomic mass is 35.5. The number of halogens is 2. The summed E-state index contributed by atoms with van der Waals surface area (Å²) < 4.78 is 5.43. The van der Waals surface area contributed by atoms with Crippen molar-refractivity contribution >= 4 is 41.0 Å². The smallest absolute Gasteiger partial charge is 0.323 e. The molecule has 1 aromatic carbocycles. The summed E-state index contributed by atoms with van der Waals surface area (Å²) in [4.78, 5) is 42.8. The first-order chi connectivity index (χ1) is 16.2. The monoisotopic (exact) mass is 514 g/mol. The molecule has 0 bridgehead atoms. The Balaban J connectivity index is 1.74. The Hall–Kier alpha value is -1.91. The van der Waals surface area contributed by atoms with Gasteiger partial charge in [-0.25, -0.2) is 0 Å². The van der Waals surface area contributed by atoms with Crippen molar-refractivity contribution in [3.63, 3.8) is 0 Å². The highest BCUT2D eigenvalue weighted by molar-refractivity contribution is 6.42. The Labute approximate surface area is 209 Å². The van der Waals surface area contributed by atoms with Gasteiger partial charge in [0.15, 0.2) is 0 Å². The fourth-order valence-electron chi connectivity index (χ4n) is 4.57. The standard InChI is InChI=1S/C23H32Cl2N4O5/c1-27-8-9-29(21(30)11-15-4-5-16(24)17(25)10-15)19(13-28-6-2-3-7-28)20(27)14-34-23(33)18(26)12-22(31)32/h4-5,10,18-20H,2-3,6-9,11-14,26H2,1H3,(H,31,32)/t18-,19+,20-/m0/s1. The number of piperazine rings is 1. The third kappa shape index (κ3) is 7.05. The van der Waals surface area contributed by atoms with Crippen LogP contribution in [0.3, 0.4) is 0 Å². The molecule has 34 heavy (non-hydrogen) atoms. The lowest BCUT2D eigenvalue weighted by Gasteiger charge is -2.47. The highest BCUT2D eigenvalue weighted by Crippen LogP contribution is 2.25. The summed E-state index contributed by atoms with van der Waals surface area (Å²) in [5, 5.41) is 9.72. The lowest BCUT2D eigenvalue weighted by molar-refractivity contribution is -0.153. The largest absolute Gasteiger partial charge is 0.481 e. The molecule has 0 saturated carbocycles. The molecule has 3 atom stereocenters. The zero-order chi connectivity index (χ0) is 24.8. The molecule has 2 aliphatic heterocycles. The summed E-state index contributed by atoms with van der Waals surface area (Å²) in [5.41, 5.74) is 6.44. The number of nitrogens with zero attached hydrogens (tertiary/aromatic N) is 3. The van der Waals surface area contributed by atoms with E-state index in [0.29, 0.717) is 29.7 Å². The number of nitrogens with two attached hydrogens (primary N) is 1. The number of aliphatic carboxylic acids is 1. The minimum absolute atomic E-state index is 0.0255. The zero-order valence-corrected chi connectivity index (χ0v) is 20.8. The molecule has 3 N–H and O–H groups in total. The van der Waals surface area contributed by atoms with E-state index in [2.05, 4.69) is 9.80 Å². The van der Waals surface area contributed by atoms with Crippen LogP contribution in [0.5, 0.6) is 0 Å². The molecule has 2 heterocycles. The molecule has 1 amide bonds. The van der Waals surface area contributed by atoms with Crippen LogP contribution in [0.2, 0.25) is 10.0 Å². The molecule has 2 saturated heterocycles. The number of likely N-dealkylation sites (N-methyl/N-ethyl adjacent to an activating group) is 1. The molecule has 0 radical (unpaired) electrons. The summed E-state index contributed by atoms with van der Waals surface area (Å²) in [5.74, 6) is -1.95. The van der Waals surface area contributed by atoms with Crippen molar-refractivity contribution in [2.24, 2.45) is 5.73 Å². The molecule has 2 aliphatic rings. The van der Waals surface area contributed by atoms with Crippen molar-refractivity contribution in [2.45, 2.75) is 43.8 Å². The number of hydrogen-bond donors (Lipinski definition) is 2. The van der Waals surface area contributed by atoms with Crippen molar-refractivity contribution in [2.75, 3.05) is 46.4 Å². The van der Waals surface area contributed by atoms with Crippen LogP contribution in [-0.4, -0.2) is 102 Å². The molecule has 2 fully saturated rings. The Bertz CT molecular complexity index is 896. The molecular weight excluding hydrogens is 483 g/mol. The third-order valence-corrected chi connectivity index (χ3v) is 7.24. The number of hydrogen-bond acceptors (Lipinski definition) is 7. The van der Waals surface area contributed by atoms with Crippen molar-refractivity contribution in [1.82, 2.24) is 14.7 Å². The molecule has 0 aliphatic carbocycles.